The molecule has 1 saturated heterocycles. The highest BCUT2D eigenvalue weighted by atomic mass is 32.2. The average Bonchev–Trinajstić information content (AvgIpc) is 2.63. The van der Waals surface area contributed by atoms with E-state index in [1.54, 1.807) is 6.08 Å². The molecule has 0 aromatic heterocycles. The summed E-state index contributed by atoms with van der Waals surface area (Å²) in [7, 11) is -3.35. The van der Waals surface area contributed by atoms with Gasteiger partial charge < -0.3 is 10.4 Å². The van der Waals surface area contributed by atoms with Crippen LogP contribution in [0.1, 0.15) is 19.3 Å². The molecule has 0 spiro atoms. The molecule has 19 heavy (non-hydrogen) atoms. The molecular weight excluding hydrogens is 272 g/mol. The van der Waals surface area contributed by atoms with E-state index in [2.05, 4.69) is 11.9 Å². The maximum atomic E-state index is 11.7. The molecular formula is C11H18N2O5S. The van der Waals surface area contributed by atoms with Crippen molar-refractivity contribution in [3.63, 3.8) is 0 Å². The smallest absolute Gasteiger partial charge is 0.326 e. The summed E-state index contributed by atoms with van der Waals surface area (Å²) in [4.78, 5) is 22.6. The van der Waals surface area contributed by atoms with Gasteiger partial charge >= 0.3 is 5.97 Å². The van der Waals surface area contributed by atoms with E-state index in [0.29, 0.717) is 19.4 Å². The molecule has 108 valence electrons. The van der Waals surface area contributed by atoms with E-state index in [4.69, 9.17) is 5.11 Å². The van der Waals surface area contributed by atoms with Gasteiger partial charge in [-0.3, -0.25) is 4.79 Å². The third kappa shape index (κ3) is 4.64. The molecule has 1 heterocycles. The van der Waals surface area contributed by atoms with Gasteiger partial charge in [0.05, 0.1) is 12.3 Å². The molecule has 1 amide bonds. The fourth-order valence-corrected chi connectivity index (χ4v) is 3.28. The molecule has 0 aliphatic carbocycles. The second-order valence-corrected chi connectivity index (χ2v) is 6.42. The van der Waals surface area contributed by atoms with E-state index in [-0.39, 0.29) is 18.7 Å². The zero-order valence-corrected chi connectivity index (χ0v) is 11.4. The largest absolute Gasteiger partial charge is 0.480 e. The highest BCUT2D eigenvalue weighted by molar-refractivity contribution is 7.89. The lowest BCUT2D eigenvalue weighted by Gasteiger charge is -2.17. The first-order valence-electron chi connectivity index (χ1n) is 5.97. The Bertz CT molecular complexity index is 460. The molecule has 1 aliphatic rings. The van der Waals surface area contributed by atoms with E-state index in [0.717, 1.165) is 4.31 Å². The van der Waals surface area contributed by atoms with Crippen molar-refractivity contribution in [3.05, 3.63) is 12.7 Å². The topological polar surface area (TPSA) is 104 Å². The first-order chi connectivity index (χ1) is 8.86. The van der Waals surface area contributed by atoms with Gasteiger partial charge in [0.1, 0.15) is 6.04 Å². The van der Waals surface area contributed by atoms with Crippen LogP contribution in [0.3, 0.4) is 0 Å². The summed E-state index contributed by atoms with van der Waals surface area (Å²) in [6.45, 7) is 3.47. The maximum absolute atomic E-state index is 11.7. The van der Waals surface area contributed by atoms with Crippen LogP contribution in [0.2, 0.25) is 0 Å². The summed E-state index contributed by atoms with van der Waals surface area (Å²) in [5, 5.41) is 11.3. The molecule has 1 atom stereocenters. The first-order valence-corrected chi connectivity index (χ1v) is 7.58. The lowest BCUT2D eigenvalue weighted by molar-refractivity contribution is -0.142. The molecule has 1 aliphatic heterocycles. The van der Waals surface area contributed by atoms with E-state index in [1.165, 1.54) is 0 Å². The predicted octanol–water partition coefficient (Wildman–Crippen LogP) is -0.442. The van der Waals surface area contributed by atoms with Crippen molar-refractivity contribution in [1.82, 2.24) is 9.62 Å². The molecule has 7 nitrogen and oxygen atoms in total. The number of allylic oxidation sites excluding steroid dienone is 1. The Balaban J connectivity index is 2.53. The minimum absolute atomic E-state index is 0.0408. The van der Waals surface area contributed by atoms with Crippen molar-refractivity contribution in [2.45, 2.75) is 25.3 Å². The number of aliphatic carboxylic acids is 1. The van der Waals surface area contributed by atoms with Gasteiger partial charge in [0.2, 0.25) is 15.9 Å². The third-order valence-corrected chi connectivity index (χ3v) is 4.72. The molecule has 0 aromatic rings. The lowest BCUT2D eigenvalue weighted by atomic mass is 10.1. The third-order valence-electron chi connectivity index (χ3n) is 2.82. The van der Waals surface area contributed by atoms with Crippen LogP contribution in [0.4, 0.5) is 0 Å². The Labute approximate surface area is 112 Å². The molecule has 0 saturated carbocycles. The lowest BCUT2D eigenvalue weighted by Crippen LogP contribution is -2.45. The van der Waals surface area contributed by atoms with Gasteiger partial charge in [-0.25, -0.2) is 13.2 Å². The molecule has 1 rings (SSSR count). The van der Waals surface area contributed by atoms with Crippen LogP contribution in [0.25, 0.3) is 0 Å². The van der Waals surface area contributed by atoms with Crippen LogP contribution in [-0.4, -0.2) is 54.6 Å². The fraction of sp³-hybridized carbons (Fsp3) is 0.636. The summed E-state index contributed by atoms with van der Waals surface area (Å²) < 4.78 is 24.1. The van der Waals surface area contributed by atoms with Crippen molar-refractivity contribution < 1.29 is 23.1 Å². The number of amides is 1. The van der Waals surface area contributed by atoms with Crippen LogP contribution in [0.15, 0.2) is 12.7 Å². The Kier molecular flexibility index (Phi) is 5.49. The number of nitrogens with one attached hydrogen (secondary N) is 1. The van der Waals surface area contributed by atoms with Crippen LogP contribution in [0, 0.1) is 0 Å². The predicted molar refractivity (Wildman–Crippen MR) is 69.0 cm³/mol. The van der Waals surface area contributed by atoms with E-state index < -0.39 is 27.9 Å². The zero-order valence-electron chi connectivity index (χ0n) is 10.5. The normalized spacial score (nSPS) is 19.8. The highest BCUT2D eigenvalue weighted by Crippen LogP contribution is 2.12. The van der Waals surface area contributed by atoms with E-state index >= 15 is 0 Å². The average molecular weight is 290 g/mol. The number of nitrogens with zero attached hydrogens (tertiary/aromatic N) is 1. The molecule has 0 radical (unpaired) electrons. The van der Waals surface area contributed by atoms with E-state index in [1.807, 2.05) is 0 Å². The Morgan fingerprint density at radius 3 is 2.63 bits per heavy atom. The number of carbonyl (C=O) groups is 2. The van der Waals surface area contributed by atoms with Crippen molar-refractivity contribution in [3.8, 4) is 0 Å². The van der Waals surface area contributed by atoms with Crippen LogP contribution >= 0.6 is 0 Å². The monoisotopic (exact) mass is 290 g/mol. The number of carbonyl (C=O) groups excluding carboxylic acids is 1. The minimum Gasteiger partial charge on any atom is -0.480 e. The summed E-state index contributed by atoms with van der Waals surface area (Å²) in [5.41, 5.74) is 0. The number of sulfonamides is 1. The second-order valence-electron chi connectivity index (χ2n) is 4.33. The van der Waals surface area contributed by atoms with Gasteiger partial charge in [0, 0.05) is 6.54 Å². The Morgan fingerprint density at radius 1 is 1.47 bits per heavy atom. The van der Waals surface area contributed by atoms with Gasteiger partial charge in [-0.05, 0) is 19.3 Å². The highest BCUT2D eigenvalue weighted by Gasteiger charge is 2.30. The maximum Gasteiger partial charge on any atom is 0.326 e. The number of hydrogen-bond donors (Lipinski definition) is 2. The molecule has 0 bridgehead atoms. The van der Waals surface area contributed by atoms with Crippen molar-refractivity contribution in [2.24, 2.45) is 0 Å². The summed E-state index contributed by atoms with van der Waals surface area (Å²) in [5.74, 6) is -1.69. The summed E-state index contributed by atoms with van der Waals surface area (Å²) in [6.07, 6.45) is 2.75. The second kappa shape index (κ2) is 6.67. The van der Waals surface area contributed by atoms with Crippen molar-refractivity contribution >= 4 is 21.9 Å². The Morgan fingerprint density at radius 2 is 2.16 bits per heavy atom. The number of hydrogen-bond acceptors (Lipinski definition) is 4. The number of rotatable bonds is 7. The van der Waals surface area contributed by atoms with Gasteiger partial charge in [0.15, 0.2) is 0 Å². The number of carboxylic acids is 1. The summed E-state index contributed by atoms with van der Waals surface area (Å²) in [6, 6.07) is -1.02. The van der Waals surface area contributed by atoms with Crippen LogP contribution in [0.5, 0.6) is 0 Å². The van der Waals surface area contributed by atoms with Crippen LogP contribution in [-0.2, 0) is 19.6 Å². The zero-order chi connectivity index (χ0) is 14.5. The van der Waals surface area contributed by atoms with E-state index in [9.17, 15) is 18.0 Å². The van der Waals surface area contributed by atoms with Crippen LogP contribution < -0.4 is 5.32 Å². The quantitative estimate of drug-likeness (QED) is 0.618. The molecule has 0 aromatic carbocycles. The molecule has 1 unspecified atom stereocenters. The first kappa shape index (κ1) is 15.6. The molecule has 8 heteroatoms. The van der Waals surface area contributed by atoms with Gasteiger partial charge in [-0.1, -0.05) is 6.08 Å². The number of carboxylic acid groups (broad SMARTS) is 1. The summed E-state index contributed by atoms with van der Waals surface area (Å²) >= 11 is 0. The van der Waals surface area contributed by atoms with Gasteiger partial charge in [-0.15, -0.1) is 6.58 Å². The standard InChI is InChI=1S/C11H18N2O5S/c1-2-3-5-9(11(15)16)12-10(14)8-13-6-4-7-19(13,17)18/h2,9H,1,3-8H2,(H,12,14)(H,15,16). The van der Waals surface area contributed by atoms with Gasteiger partial charge in [0.25, 0.3) is 0 Å². The van der Waals surface area contributed by atoms with Crippen molar-refractivity contribution in [1.29, 1.82) is 0 Å². The molecule has 2 N–H and O–H groups in total. The molecule has 1 fully saturated rings. The van der Waals surface area contributed by atoms with Crippen molar-refractivity contribution in [2.75, 3.05) is 18.8 Å². The Hall–Kier alpha value is -1.41. The SMILES string of the molecule is C=CCCC(NC(=O)CN1CCCS1(=O)=O)C(=O)O. The minimum atomic E-state index is -3.35. The fourth-order valence-electron chi connectivity index (χ4n) is 1.81. The van der Waals surface area contributed by atoms with Gasteiger partial charge in [-0.2, -0.15) is 4.31 Å².